The third-order valence-corrected chi connectivity index (χ3v) is 2.84. The van der Waals surface area contributed by atoms with Crippen LogP contribution in [0.4, 0.5) is 5.82 Å². The fraction of sp³-hybridized carbons (Fsp3) is 0.500. The van der Waals surface area contributed by atoms with Crippen LogP contribution in [0.15, 0.2) is 12.1 Å². The second-order valence-corrected chi connectivity index (χ2v) is 4.55. The van der Waals surface area contributed by atoms with Crippen LogP contribution in [0.2, 0.25) is 5.02 Å². The van der Waals surface area contributed by atoms with Crippen molar-refractivity contribution in [2.24, 2.45) is 0 Å². The largest absolute Gasteiger partial charge is 0.393 e. The molecule has 0 radical (unpaired) electrons. The zero-order chi connectivity index (χ0) is 13.7. The Hall–Kier alpha value is -1.33. The Bertz CT molecular complexity index is 424. The van der Waals surface area contributed by atoms with Crippen LogP contribution in [-0.4, -0.2) is 47.6 Å². The number of hydrogen-bond donors (Lipinski definition) is 2. The van der Waals surface area contributed by atoms with E-state index in [0.29, 0.717) is 23.8 Å². The van der Waals surface area contributed by atoms with Gasteiger partial charge in [0.25, 0.3) is 5.91 Å². The van der Waals surface area contributed by atoms with Gasteiger partial charge in [-0.3, -0.25) is 4.79 Å². The SMILES string of the molecule is CNc1ccc(Cl)c(C(=O)N(C)CCC(C)O)n1. The smallest absolute Gasteiger partial charge is 0.273 e. The van der Waals surface area contributed by atoms with Crippen LogP contribution >= 0.6 is 11.6 Å². The van der Waals surface area contributed by atoms with Crippen molar-refractivity contribution in [2.75, 3.05) is 26.0 Å². The molecule has 0 fully saturated rings. The Morgan fingerprint density at radius 2 is 2.28 bits per heavy atom. The van der Waals surface area contributed by atoms with Gasteiger partial charge < -0.3 is 15.3 Å². The topological polar surface area (TPSA) is 65.5 Å². The van der Waals surface area contributed by atoms with E-state index in [1.165, 1.54) is 4.90 Å². The average molecular weight is 272 g/mol. The Morgan fingerprint density at radius 3 is 2.83 bits per heavy atom. The van der Waals surface area contributed by atoms with Crippen LogP contribution in [0.25, 0.3) is 0 Å². The highest BCUT2D eigenvalue weighted by molar-refractivity contribution is 6.33. The first-order valence-corrected chi connectivity index (χ1v) is 6.11. The number of nitrogens with one attached hydrogen (secondary N) is 1. The van der Waals surface area contributed by atoms with E-state index in [9.17, 15) is 9.90 Å². The van der Waals surface area contributed by atoms with Gasteiger partial charge in [0.1, 0.15) is 11.5 Å². The van der Waals surface area contributed by atoms with Gasteiger partial charge in [-0.05, 0) is 25.5 Å². The summed E-state index contributed by atoms with van der Waals surface area (Å²) in [4.78, 5) is 17.8. The maximum Gasteiger partial charge on any atom is 0.273 e. The molecule has 5 nitrogen and oxygen atoms in total. The van der Waals surface area contributed by atoms with Crippen LogP contribution in [0, 0.1) is 0 Å². The average Bonchev–Trinajstić information content (AvgIpc) is 2.35. The van der Waals surface area contributed by atoms with Crippen LogP contribution in [0.3, 0.4) is 0 Å². The van der Waals surface area contributed by atoms with Crippen LogP contribution in [0.1, 0.15) is 23.8 Å². The molecule has 0 aliphatic carbocycles. The molecule has 1 aromatic rings. The summed E-state index contributed by atoms with van der Waals surface area (Å²) < 4.78 is 0. The van der Waals surface area contributed by atoms with Crippen LogP contribution < -0.4 is 5.32 Å². The quantitative estimate of drug-likeness (QED) is 0.854. The van der Waals surface area contributed by atoms with Crippen molar-refractivity contribution >= 4 is 23.3 Å². The highest BCUT2D eigenvalue weighted by Crippen LogP contribution is 2.18. The number of aromatic nitrogens is 1. The van der Waals surface area contributed by atoms with Gasteiger partial charge in [-0.1, -0.05) is 11.6 Å². The van der Waals surface area contributed by atoms with Gasteiger partial charge in [0.15, 0.2) is 0 Å². The molecular weight excluding hydrogens is 254 g/mol. The molecule has 2 N–H and O–H groups in total. The lowest BCUT2D eigenvalue weighted by atomic mass is 10.2. The highest BCUT2D eigenvalue weighted by Gasteiger charge is 2.17. The van der Waals surface area contributed by atoms with E-state index >= 15 is 0 Å². The van der Waals surface area contributed by atoms with Crippen LogP contribution in [-0.2, 0) is 0 Å². The Kier molecular flexibility index (Phi) is 5.37. The maximum atomic E-state index is 12.1. The fourth-order valence-corrected chi connectivity index (χ4v) is 1.58. The summed E-state index contributed by atoms with van der Waals surface area (Å²) in [5.74, 6) is 0.337. The highest BCUT2D eigenvalue weighted by atomic mass is 35.5. The zero-order valence-corrected chi connectivity index (χ0v) is 11.5. The van der Waals surface area contributed by atoms with E-state index in [1.807, 2.05) is 0 Å². The Labute approximate surface area is 112 Å². The normalized spacial score (nSPS) is 12.1. The molecule has 0 saturated heterocycles. The molecule has 0 aliphatic rings. The minimum atomic E-state index is -0.438. The molecular formula is C12H18ClN3O2. The first kappa shape index (κ1) is 14.7. The summed E-state index contributed by atoms with van der Waals surface area (Å²) in [6, 6.07) is 3.34. The molecule has 0 saturated carbocycles. The summed E-state index contributed by atoms with van der Waals surface area (Å²) in [5.41, 5.74) is 0.219. The molecule has 1 rings (SSSR count). The van der Waals surface area contributed by atoms with Gasteiger partial charge in [0.05, 0.1) is 11.1 Å². The molecule has 0 aromatic carbocycles. The molecule has 1 unspecified atom stereocenters. The molecule has 0 spiro atoms. The van der Waals surface area contributed by atoms with Crippen molar-refractivity contribution in [1.82, 2.24) is 9.88 Å². The molecule has 100 valence electrons. The molecule has 1 heterocycles. The lowest BCUT2D eigenvalue weighted by Gasteiger charge is -2.18. The van der Waals surface area contributed by atoms with Gasteiger partial charge in [0, 0.05) is 20.6 Å². The molecule has 6 heteroatoms. The second-order valence-electron chi connectivity index (χ2n) is 4.14. The van der Waals surface area contributed by atoms with E-state index in [2.05, 4.69) is 10.3 Å². The first-order chi connectivity index (χ1) is 8.45. The molecule has 1 amide bonds. The van der Waals surface area contributed by atoms with Gasteiger partial charge in [0.2, 0.25) is 0 Å². The zero-order valence-electron chi connectivity index (χ0n) is 10.8. The van der Waals surface area contributed by atoms with Crippen molar-refractivity contribution in [3.63, 3.8) is 0 Å². The van der Waals surface area contributed by atoms with E-state index in [1.54, 1.807) is 33.2 Å². The number of nitrogens with zero attached hydrogens (tertiary/aromatic N) is 2. The van der Waals surface area contributed by atoms with E-state index < -0.39 is 6.10 Å². The Balaban J connectivity index is 2.82. The number of rotatable bonds is 5. The number of aliphatic hydroxyl groups excluding tert-OH is 1. The number of carbonyl (C=O) groups excluding carboxylic acids is 1. The number of hydrogen-bond acceptors (Lipinski definition) is 4. The van der Waals surface area contributed by atoms with Gasteiger partial charge in [-0.2, -0.15) is 0 Å². The van der Waals surface area contributed by atoms with E-state index in [0.717, 1.165) is 0 Å². The van der Waals surface area contributed by atoms with Gasteiger partial charge in [-0.15, -0.1) is 0 Å². The summed E-state index contributed by atoms with van der Waals surface area (Å²) in [6.45, 7) is 2.14. The third-order valence-electron chi connectivity index (χ3n) is 2.53. The number of pyridine rings is 1. The molecule has 1 atom stereocenters. The standard InChI is InChI=1S/C12H18ClN3O2/c1-8(17)6-7-16(3)12(18)11-9(13)4-5-10(14-2)15-11/h4-5,8,17H,6-7H2,1-3H3,(H,14,15). The summed E-state index contributed by atoms with van der Waals surface area (Å²) >= 11 is 5.97. The third kappa shape index (κ3) is 3.85. The lowest BCUT2D eigenvalue weighted by molar-refractivity contribution is 0.0763. The number of anilines is 1. The summed E-state index contributed by atoms with van der Waals surface area (Å²) in [5, 5.41) is 12.4. The maximum absolute atomic E-state index is 12.1. The van der Waals surface area contributed by atoms with Crippen LogP contribution in [0.5, 0.6) is 0 Å². The van der Waals surface area contributed by atoms with E-state index in [-0.39, 0.29) is 11.6 Å². The van der Waals surface area contributed by atoms with Crippen molar-refractivity contribution in [3.8, 4) is 0 Å². The van der Waals surface area contributed by atoms with E-state index in [4.69, 9.17) is 11.6 Å². The van der Waals surface area contributed by atoms with Crippen molar-refractivity contribution in [3.05, 3.63) is 22.8 Å². The molecule has 0 aliphatic heterocycles. The molecule has 18 heavy (non-hydrogen) atoms. The van der Waals surface area contributed by atoms with Gasteiger partial charge >= 0.3 is 0 Å². The number of halogens is 1. The summed E-state index contributed by atoms with van der Waals surface area (Å²) in [6.07, 6.45) is 0.0818. The number of aliphatic hydroxyl groups is 1. The predicted octanol–water partition coefficient (Wildman–Crippen LogP) is 1.62. The molecule has 0 bridgehead atoms. The summed E-state index contributed by atoms with van der Waals surface area (Å²) in [7, 11) is 3.39. The minimum absolute atomic E-state index is 0.219. The predicted molar refractivity (Wildman–Crippen MR) is 72.1 cm³/mol. The number of amides is 1. The van der Waals surface area contributed by atoms with Crippen molar-refractivity contribution in [1.29, 1.82) is 0 Å². The van der Waals surface area contributed by atoms with Gasteiger partial charge in [-0.25, -0.2) is 4.98 Å². The lowest BCUT2D eigenvalue weighted by Crippen LogP contribution is -2.30. The first-order valence-electron chi connectivity index (χ1n) is 5.73. The fourth-order valence-electron chi connectivity index (χ4n) is 1.39. The second kappa shape index (κ2) is 6.56. The number of carbonyl (C=O) groups is 1. The van der Waals surface area contributed by atoms with Crippen molar-refractivity contribution in [2.45, 2.75) is 19.4 Å². The monoisotopic (exact) mass is 271 g/mol. The van der Waals surface area contributed by atoms with Crippen molar-refractivity contribution < 1.29 is 9.90 Å². The Morgan fingerprint density at radius 1 is 1.61 bits per heavy atom. The minimum Gasteiger partial charge on any atom is -0.393 e. The molecule has 1 aromatic heterocycles.